The molecule has 0 atom stereocenters. The van der Waals surface area contributed by atoms with Gasteiger partial charge in [0.05, 0.1) is 11.0 Å². The number of aromatic nitrogens is 1. The number of aliphatic carboxylic acids is 1. The van der Waals surface area contributed by atoms with Crippen LogP contribution < -0.4 is 5.48 Å². The van der Waals surface area contributed by atoms with Gasteiger partial charge in [-0.3, -0.25) is 15.0 Å². The van der Waals surface area contributed by atoms with Gasteiger partial charge < -0.3 is 5.11 Å². The van der Waals surface area contributed by atoms with Crippen molar-refractivity contribution in [3.8, 4) is 0 Å². The predicted molar refractivity (Wildman–Crippen MR) is 52.8 cm³/mol. The Bertz CT molecular complexity index is 420. The molecule has 0 saturated heterocycles. The zero-order valence-electron chi connectivity index (χ0n) is 8.34. The molecule has 86 valence electrons. The van der Waals surface area contributed by atoms with Crippen molar-refractivity contribution in [2.24, 2.45) is 0 Å². The maximum Gasteiger partial charge on any atom is 0.332 e. The highest BCUT2D eigenvalue weighted by Crippen LogP contribution is 2.19. The number of anilines is 1. The first-order valence-corrected chi connectivity index (χ1v) is 4.21. The molecule has 1 heterocycles. The third kappa shape index (κ3) is 3.17. The topological polar surface area (TPSA) is 115 Å². The van der Waals surface area contributed by atoms with Crippen molar-refractivity contribution in [3.05, 3.63) is 27.9 Å². The Hall–Kier alpha value is -2.22. The van der Waals surface area contributed by atoms with E-state index in [-0.39, 0.29) is 11.5 Å². The molecule has 0 radical (unpaired) electrons. The molecule has 0 aliphatic heterocycles. The fraction of sp³-hybridized carbons (Fsp3) is 0.250. The first-order valence-electron chi connectivity index (χ1n) is 4.21. The molecule has 1 aromatic heterocycles. The van der Waals surface area contributed by atoms with Crippen LogP contribution in [-0.2, 0) is 9.63 Å². The first kappa shape index (κ1) is 11.9. The van der Waals surface area contributed by atoms with E-state index in [0.29, 0.717) is 5.56 Å². The van der Waals surface area contributed by atoms with Crippen LogP contribution in [0.5, 0.6) is 0 Å². The van der Waals surface area contributed by atoms with Crippen LogP contribution >= 0.6 is 0 Å². The standard InChI is InChI=1S/C8H9N3O5/c1-5-3-9-7(2-6(5)11(14)15)10-16-4-8(12)13/h2-3H,4H2,1H3,(H,9,10)(H,12,13). The van der Waals surface area contributed by atoms with E-state index in [1.54, 1.807) is 6.92 Å². The van der Waals surface area contributed by atoms with E-state index in [1.807, 2.05) is 0 Å². The summed E-state index contributed by atoms with van der Waals surface area (Å²) in [5.74, 6) is -1.08. The number of nitrogens with one attached hydrogen (secondary N) is 1. The van der Waals surface area contributed by atoms with Crippen LogP contribution in [0, 0.1) is 17.0 Å². The van der Waals surface area contributed by atoms with Crippen molar-refractivity contribution in [1.29, 1.82) is 0 Å². The number of nitrogens with zero attached hydrogens (tertiary/aromatic N) is 2. The molecule has 0 aliphatic rings. The van der Waals surface area contributed by atoms with Gasteiger partial charge >= 0.3 is 5.97 Å². The second kappa shape index (κ2) is 5.03. The Kier molecular flexibility index (Phi) is 3.72. The minimum atomic E-state index is -1.16. The van der Waals surface area contributed by atoms with E-state index in [1.165, 1.54) is 6.20 Å². The van der Waals surface area contributed by atoms with Gasteiger partial charge in [0.1, 0.15) is 0 Å². The number of rotatable bonds is 5. The molecule has 1 aromatic rings. The third-order valence-electron chi connectivity index (χ3n) is 1.64. The van der Waals surface area contributed by atoms with Crippen LogP contribution in [0.1, 0.15) is 5.56 Å². The molecular weight excluding hydrogens is 218 g/mol. The van der Waals surface area contributed by atoms with E-state index >= 15 is 0 Å². The molecule has 8 nitrogen and oxygen atoms in total. The van der Waals surface area contributed by atoms with E-state index in [2.05, 4.69) is 15.3 Å². The van der Waals surface area contributed by atoms with Crippen LogP contribution in [0.4, 0.5) is 11.5 Å². The van der Waals surface area contributed by atoms with Gasteiger partial charge in [-0.05, 0) is 6.92 Å². The number of pyridine rings is 1. The van der Waals surface area contributed by atoms with Gasteiger partial charge in [-0.1, -0.05) is 0 Å². The monoisotopic (exact) mass is 227 g/mol. The minimum Gasteiger partial charge on any atom is -0.479 e. The Balaban J connectivity index is 2.71. The average Bonchev–Trinajstić information content (AvgIpc) is 2.19. The number of aryl methyl sites for hydroxylation is 1. The molecular formula is C8H9N3O5. The lowest BCUT2D eigenvalue weighted by Crippen LogP contribution is -2.12. The van der Waals surface area contributed by atoms with Crippen LogP contribution in [0.3, 0.4) is 0 Å². The van der Waals surface area contributed by atoms with Crippen molar-refractivity contribution in [1.82, 2.24) is 4.98 Å². The van der Waals surface area contributed by atoms with Gasteiger partial charge in [0, 0.05) is 11.8 Å². The van der Waals surface area contributed by atoms with E-state index in [0.717, 1.165) is 6.07 Å². The van der Waals surface area contributed by atoms with Crippen LogP contribution in [-0.4, -0.2) is 27.6 Å². The summed E-state index contributed by atoms with van der Waals surface area (Å²) in [6.45, 7) is 0.983. The van der Waals surface area contributed by atoms with Crippen molar-refractivity contribution < 1.29 is 19.7 Å². The van der Waals surface area contributed by atoms with E-state index in [4.69, 9.17) is 5.11 Å². The van der Waals surface area contributed by atoms with Crippen molar-refractivity contribution in [2.45, 2.75) is 6.92 Å². The Morgan fingerprint density at radius 2 is 2.44 bits per heavy atom. The number of hydrogen-bond donors (Lipinski definition) is 2. The molecule has 0 unspecified atom stereocenters. The summed E-state index contributed by atoms with van der Waals surface area (Å²) in [4.78, 5) is 28.4. The van der Waals surface area contributed by atoms with Crippen LogP contribution in [0.25, 0.3) is 0 Å². The highest BCUT2D eigenvalue weighted by Gasteiger charge is 2.12. The van der Waals surface area contributed by atoms with E-state index in [9.17, 15) is 14.9 Å². The molecule has 0 saturated carbocycles. The van der Waals surface area contributed by atoms with E-state index < -0.39 is 17.5 Å². The Labute approximate surface area is 90.0 Å². The lowest BCUT2D eigenvalue weighted by atomic mass is 10.2. The largest absolute Gasteiger partial charge is 0.479 e. The minimum absolute atomic E-state index is 0.0820. The lowest BCUT2D eigenvalue weighted by molar-refractivity contribution is -0.385. The SMILES string of the molecule is Cc1cnc(NOCC(=O)O)cc1[N+](=O)[O-]. The summed E-state index contributed by atoms with van der Waals surface area (Å²) >= 11 is 0. The number of carboxylic acids is 1. The number of carbonyl (C=O) groups is 1. The van der Waals surface area contributed by atoms with Gasteiger partial charge in [0.15, 0.2) is 12.4 Å². The highest BCUT2D eigenvalue weighted by molar-refractivity contribution is 5.68. The average molecular weight is 227 g/mol. The second-order valence-electron chi connectivity index (χ2n) is 2.90. The molecule has 0 spiro atoms. The smallest absolute Gasteiger partial charge is 0.332 e. The van der Waals surface area contributed by atoms with Crippen molar-refractivity contribution in [2.75, 3.05) is 12.1 Å². The summed E-state index contributed by atoms with van der Waals surface area (Å²) in [5, 5.41) is 18.9. The van der Waals surface area contributed by atoms with Gasteiger partial charge in [0.2, 0.25) is 0 Å². The normalized spacial score (nSPS) is 9.81. The summed E-state index contributed by atoms with van der Waals surface area (Å²) in [6, 6.07) is 1.16. The predicted octanol–water partition coefficient (Wildman–Crippen LogP) is 0.726. The summed E-state index contributed by atoms with van der Waals surface area (Å²) in [5.41, 5.74) is 2.50. The van der Waals surface area contributed by atoms with Crippen molar-refractivity contribution in [3.63, 3.8) is 0 Å². The number of hydrogen-bond acceptors (Lipinski definition) is 6. The summed E-state index contributed by atoms with van der Waals surface area (Å²) in [7, 11) is 0. The molecule has 0 aromatic carbocycles. The Morgan fingerprint density at radius 1 is 1.75 bits per heavy atom. The zero-order chi connectivity index (χ0) is 12.1. The van der Waals surface area contributed by atoms with Crippen LogP contribution in [0.2, 0.25) is 0 Å². The summed E-state index contributed by atoms with van der Waals surface area (Å²) in [6.07, 6.45) is 1.30. The quantitative estimate of drug-likeness (QED) is 0.562. The molecule has 8 heteroatoms. The maximum absolute atomic E-state index is 10.6. The fourth-order valence-electron chi connectivity index (χ4n) is 0.937. The highest BCUT2D eigenvalue weighted by atomic mass is 16.7. The molecule has 0 bridgehead atoms. The van der Waals surface area contributed by atoms with Gasteiger partial charge in [-0.15, -0.1) is 0 Å². The molecule has 0 amide bonds. The van der Waals surface area contributed by atoms with Gasteiger partial charge in [-0.25, -0.2) is 15.3 Å². The van der Waals surface area contributed by atoms with Crippen LogP contribution in [0.15, 0.2) is 12.3 Å². The Morgan fingerprint density at radius 3 is 3.00 bits per heavy atom. The second-order valence-corrected chi connectivity index (χ2v) is 2.90. The third-order valence-corrected chi connectivity index (χ3v) is 1.64. The molecule has 0 fully saturated rings. The molecule has 2 N–H and O–H groups in total. The lowest BCUT2D eigenvalue weighted by Gasteiger charge is -2.04. The fourth-order valence-corrected chi connectivity index (χ4v) is 0.937. The molecule has 16 heavy (non-hydrogen) atoms. The van der Waals surface area contributed by atoms with Crippen molar-refractivity contribution >= 4 is 17.5 Å². The molecule has 1 rings (SSSR count). The summed E-state index contributed by atoms with van der Waals surface area (Å²) < 4.78 is 0. The number of carboxylic acid groups (broad SMARTS) is 1. The van der Waals surface area contributed by atoms with Gasteiger partial charge in [-0.2, -0.15) is 0 Å². The number of nitro groups is 1. The van der Waals surface area contributed by atoms with Gasteiger partial charge in [0.25, 0.3) is 5.69 Å². The zero-order valence-corrected chi connectivity index (χ0v) is 8.34. The first-order chi connectivity index (χ1) is 7.50. The maximum atomic E-state index is 10.6. The molecule has 0 aliphatic carbocycles.